The van der Waals surface area contributed by atoms with Crippen LogP contribution in [0, 0.1) is 0 Å². The highest BCUT2D eigenvalue weighted by atomic mass is 16.6. The highest BCUT2D eigenvalue weighted by Crippen LogP contribution is 1.96. The van der Waals surface area contributed by atoms with Gasteiger partial charge in [0.05, 0.1) is 5.71 Å². The number of allylic oxidation sites excluding steroid dienone is 1. The van der Waals surface area contributed by atoms with Gasteiger partial charge in [0, 0.05) is 6.42 Å². The van der Waals surface area contributed by atoms with Crippen LogP contribution in [0.5, 0.6) is 0 Å². The van der Waals surface area contributed by atoms with Crippen LogP contribution in [0.3, 0.4) is 0 Å². The zero-order valence-electron chi connectivity index (χ0n) is 4.22. The topological polar surface area (TPSA) is 21.6 Å². The maximum absolute atomic E-state index is 4.59. The Labute approximate surface area is 42.5 Å². The molecule has 0 atom stereocenters. The SMILES string of the molecule is CC1=NOC=CC1. The first-order valence-corrected chi connectivity index (χ1v) is 2.24. The summed E-state index contributed by atoms with van der Waals surface area (Å²) in [5.41, 5.74) is 1.03. The van der Waals surface area contributed by atoms with Crippen molar-refractivity contribution in [2.75, 3.05) is 0 Å². The Morgan fingerprint density at radius 3 is 3.00 bits per heavy atom. The molecule has 0 fully saturated rings. The molecule has 0 saturated heterocycles. The van der Waals surface area contributed by atoms with Crippen molar-refractivity contribution < 1.29 is 4.84 Å². The molecule has 1 heterocycles. The van der Waals surface area contributed by atoms with Crippen LogP contribution in [0.1, 0.15) is 13.3 Å². The van der Waals surface area contributed by atoms with Gasteiger partial charge in [-0.2, -0.15) is 0 Å². The van der Waals surface area contributed by atoms with Crippen molar-refractivity contribution >= 4 is 5.71 Å². The Hall–Kier alpha value is -0.790. The fourth-order valence-corrected chi connectivity index (χ4v) is 0.419. The van der Waals surface area contributed by atoms with Crippen molar-refractivity contribution in [1.82, 2.24) is 0 Å². The number of rotatable bonds is 0. The Balaban J connectivity index is 2.50. The van der Waals surface area contributed by atoms with Crippen molar-refractivity contribution in [2.24, 2.45) is 5.16 Å². The smallest absolute Gasteiger partial charge is 0.118 e. The molecular formula is C5H7NO. The third-order valence-electron chi connectivity index (χ3n) is 0.779. The van der Waals surface area contributed by atoms with Crippen LogP contribution in [0.4, 0.5) is 0 Å². The molecule has 2 nitrogen and oxygen atoms in total. The van der Waals surface area contributed by atoms with E-state index in [1.165, 1.54) is 0 Å². The number of hydrogen-bond donors (Lipinski definition) is 0. The van der Waals surface area contributed by atoms with Gasteiger partial charge in [-0.3, -0.25) is 0 Å². The van der Waals surface area contributed by atoms with Gasteiger partial charge in [-0.05, 0) is 13.0 Å². The normalized spacial score (nSPS) is 18.1. The van der Waals surface area contributed by atoms with E-state index in [-0.39, 0.29) is 0 Å². The minimum Gasteiger partial charge on any atom is -0.365 e. The predicted octanol–water partition coefficient (Wildman–Crippen LogP) is 1.30. The van der Waals surface area contributed by atoms with E-state index in [9.17, 15) is 0 Å². The van der Waals surface area contributed by atoms with E-state index in [4.69, 9.17) is 0 Å². The zero-order valence-corrected chi connectivity index (χ0v) is 4.22. The molecule has 0 spiro atoms. The molecule has 0 aromatic heterocycles. The van der Waals surface area contributed by atoms with Gasteiger partial charge in [0.15, 0.2) is 0 Å². The average molecular weight is 97.1 g/mol. The lowest BCUT2D eigenvalue weighted by atomic mass is 10.3. The van der Waals surface area contributed by atoms with Crippen molar-refractivity contribution in [3.63, 3.8) is 0 Å². The van der Waals surface area contributed by atoms with E-state index in [0.29, 0.717) is 0 Å². The second-order valence-electron chi connectivity index (χ2n) is 1.51. The van der Waals surface area contributed by atoms with Gasteiger partial charge >= 0.3 is 0 Å². The van der Waals surface area contributed by atoms with Gasteiger partial charge in [-0.25, -0.2) is 0 Å². The standard InChI is InChI=1S/C5H7NO/c1-5-3-2-4-7-6-5/h2,4H,3H2,1H3. The van der Waals surface area contributed by atoms with Crippen LogP contribution >= 0.6 is 0 Å². The van der Waals surface area contributed by atoms with Crippen LogP contribution < -0.4 is 0 Å². The third-order valence-corrected chi connectivity index (χ3v) is 0.779. The molecule has 0 radical (unpaired) electrons. The lowest BCUT2D eigenvalue weighted by molar-refractivity contribution is 0.261. The summed E-state index contributed by atoms with van der Waals surface area (Å²) >= 11 is 0. The van der Waals surface area contributed by atoms with Crippen molar-refractivity contribution in [3.8, 4) is 0 Å². The quantitative estimate of drug-likeness (QED) is 0.446. The minimum atomic E-state index is 0.931. The van der Waals surface area contributed by atoms with E-state index in [1.807, 2.05) is 13.0 Å². The third kappa shape index (κ3) is 1.03. The largest absolute Gasteiger partial charge is 0.365 e. The number of nitrogens with zero attached hydrogens (tertiary/aromatic N) is 1. The van der Waals surface area contributed by atoms with E-state index in [2.05, 4.69) is 9.99 Å². The van der Waals surface area contributed by atoms with E-state index < -0.39 is 0 Å². The maximum Gasteiger partial charge on any atom is 0.118 e. The first-order valence-electron chi connectivity index (χ1n) is 2.24. The Kier molecular flexibility index (Phi) is 1.11. The molecule has 1 aliphatic heterocycles. The van der Waals surface area contributed by atoms with Gasteiger partial charge in [-0.1, -0.05) is 5.16 Å². The molecule has 0 unspecified atom stereocenters. The molecular weight excluding hydrogens is 90.1 g/mol. The van der Waals surface area contributed by atoms with Crippen molar-refractivity contribution in [3.05, 3.63) is 12.3 Å². The van der Waals surface area contributed by atoms with Gasteiger partial charge < -0.3 is 4.84 Å². The van der Waals surface area contributed by atoms with Crippen LogP contribution in [0.2, 0.25) is 0 Å². The summed E-state index contributed by atoms with van der Waals surface area (Å²) in [4.78, 5) is 4.59. The molecule has 0 amide bonds. The Bertz CT molecular complexity index is 115. The molecule has 0 aromatic carbocycles. The molecule has 1 aliphatic rings. The number of hydrogen-bond acceptors (Lipinski definition) is 2. The summed E-state index contributed by atoms with van der Waals surface area (Å²) < 4.78 is 0. The van der Waals surface area contributed by atoms with Gasteiger partial charge in [0.2, 0.25) is 0 Å². The maximum atomic E-state index is 4.59. The fourth-order valence-electron chi connectivity index (χ4n) is 0.419. The average Bonchev–Trinajstić information content (AvgIpc) is 1.69. The van der Waals surface area contributed by atoms with Crippen LogP contribution in [0.15, 0.2) is 17.5 Å². The van der Waals surface area contributed by atoms with Gasteiger partial charge in [-0.15, -0.1) is 0 Å². The second kappa shape index (κ2) is 1.78. The fraction of sp³-hybridized carbons (Fsp3) is 0.400. The van der Waals surface area contributed by atoms with Gasteiger partial charge in [0.25, 0.3) is 0 Å². The zero-order chi connectivity index (χ0) is 5.11. The van der Waals surface area contributed by atoms with Crippen LogP contribution in [0.25, 0.3) is 0 Å². The molecule has 0 aromatic rings. The van der Waals surface area contributed by atoms with E-state index in [0.717, 1.165) is 12.1 Å². The second-order valence-corrected chi connectivity index (χ2v) is 1.51. The summed E-state index contributed by atoms with van der Waals surface area (Å²) in [5.74, 6) is 0. The molecule has 0 bridgehead atoms. The highest BCUT2D eigenvalue weighted by molar-refractivity contribution is 5.83. The molecule has 0 aliphatic carbocycles. The van der Waals surface area contributed by atoms with Crippen LogP contribution in [-0.2, 0) is 4.84 Å². The minimum absolute atomic E-state index is 0.931. The van der Waals surface area contributed by atoms with E-state index in [1.54, 1.807) is 6.26 Å². The highest BCUT2D eigenvalue weighted by Gasteiger charge is 1.90. The predicted molar refractivity (Wildman–Crippen MR) is 28.0 cm³/mol. The van der Waals surface area contributed by atoms with Crippen LogP contribution in [-0.4, -0.2) is 5.71 Å². The molecule has 2 heteroatoms. The molecule has 38 valence electrons. The molecule has 0 N–H and O–H groups in total. The summed E-state index contributed by atoms with van der Waals surface area (Å²) in [6, 6.07) is 0. The Morgan fingerprint density at radius 1 is 1.86 bits per heavy atom. The number of oxime groups is 1. The Morgan fingerprint density at radius 2 is 2.71 bits per heavy atom. The summed E-state index contributed by atoms with van der Waals surface area (Å²) in [5, 5.41) is 3.66. The summed E-state index contributed by atoms with van der Waals surface area (Å²) in [7, 11) is 0. The lowest BCUT2D eigenvalue weighted by Crippen LogP contribution is -1.92. The van der Waals surface area contributed by atoms with E-state index >= 15 is 0 Å². The monoisotopic (exact) mass is 97.1 g/mol. The molecule has 1 rings (SSSR count). The molecule has 7 heavy (non-hydrogen) atoms. The first-order chi connectivity index (χ1) is 3.39. The van der Waals surface area contributed by atoms with Crippen molar-refractivity contribution in [1.29, 1.82) is 0 Å². The molecule has 0 saturated carbocycles. The lowest BCUT2D eigenvalue weighted by Gasteiger charge is -1.97. The first kappa shape index (κ1) is 4.37. The van der Waals surface area contributed by atoms with Gasteiger partial charge in [0.1, 0.15) is 6.26 Å². The van der Waals surface area contributed by atoms with Crippen molar-refractivity contribution in [2.45, 2.75) is 13.3 Å². The summed E-state index contributed by atoms with van der Waals surface area (Å²) in [6.07, 6.45) is 4.45. The summed E-state index contributed by atoms with van der Waals surface area (Å²) in [6.45, 7) is 1.93.